The summed E-state index contributed by atoms with van der Waals surface area (Å²) in [6.07, 6.45) is 0.800. The van der Waals surface area contributed by atoms with Crippen LogP contribution < -0.4 is 15.5 Å². The van der Waals surface area contributed by atoms with Crippen LogP contribution in [0, 0.1) is 0 Å². The highest BCUT2D eigenvalue weighted by Crippen LogP contribution is 2.28. The summed E-state index contributed by atoms with van der Waals surface area (Å²) < 4.78 is 0. The molecule has 2 aromatic rings. The second kappa shape index (κ2) is 9.65. The first kappa shape index (κ1) is 21.6. The maximum atomic E-state index is 12.9. The smallest absolute Gasteiger partial charge is 0.321 e. The van der Waals surface area contributed by atoms with Crippen molar-refractivity contribution in [2.75, 3.05) is 49.5 Å². The molecule has 0 aliphatic carbocycles. The van der Waals surface area contributed by atoms with Crippen LogP contribution in [0.4, 0.5) is 15.6 Å². The van der Waals surface area contributed by atoms with Gasteiger partial charge in [0.15, 0.2) is 5.13 Å². The summed E-state index contributed by atoms with van der Waals surface area (Å²) in [5.74, 6) is 0.190. The van der Waals surface area contributed by atoms with Gasteiger partial charge in [0.2, 0.25) is 5.91 Å². The molecular formula is C22H30N6O2S. The summed E-state index contributed by atoms with van der Waals surface area (Å²) in [5, 5.41) is 6.24. The second-order valence-corrected chi connectivity index (χ2v) is 9.39. The third kappa shape index (κ3) is 5.54. The van der Waals surface area contributed by atoms with Crippen molar-refractivity contribution in [1.82, 2.24) is 20.1 Å². The van der Waals surface area contributed by atoms with E-state index in [1.165, 1.54) is 17.0 Å². The van der Waals surface area contributed by atoms with Gasteiger partial charge in [-0.25, -0.2) is 9.78 Å². The van der Waals surface area contributed by atoms with Crippen LogP contribution in [0.2, 0.25) is 0 Å². The molecule has 2 aliphatic heterocycles. The Kier molecular flexibility index (Phi) is 6.72. The molecule has 31 heavy (non-hydrogen) atoms. The molecule has 1 aromatic carbocycles. The minimum Gasteiger partial charge on any atom is -0.368 e. The van der Waals surface area contributed by atoms with Crippen LogP contribution in [0.3, 0.4) is 0 Å². The maximum absolute atomic E-state index is 12.9. The standard InChI is InChI=1S/C22H30N6O2S/c1-16(2)23-21(30)25-22-24-18-8-9-26(14-19(18)31-22)15-20(29)28-12-10-27(11-13-28)17-6-4-3-5-7-17/h3-7,16H,8-15H2,1-2H3,(H2,23,24,25,30). The van der Waals surface area contributed by atoms with Gasteiger partial charge in [0.05, 0.1) is 12.2 Å². The van der Waals surface area contributed by atoms with E-state index in [4.69, 9.17) is 0 Å². The molecule has 3 amide bonds. The number of fused-ring (bicyclic) bond motifs is 1. The molecule has 0 bridgehead atoms. The molecule has 1 fully saturated rings. The number of nitrogens with one attached hydrogen (secondary N) is 2. The lowest BCUT2D eigenvalue weighted by atomic mass is 10.2. The predicted octanol–water partition coefficient (Wildman–Crippen LogP) is 2.38. The highest BCUT2D eigenvalue weighted by atomic mass is 32.1. The Hall–Kier alpha value is -2.65. The van der Waals surface area contributed by atoms with Crippen LogP contribution in [-0.2, 0) is 17.8 Å². The third-order valence-electron chi connectivity index (χ3n) is 5.56. The van der Waals surface area contributed by atoms with Gasteiger partial charge in [-0.3, -0.25) is 15.0 Å². The van der Waals surface area contributed by atoms with E-state index >= 15 is 0 Å². The van der Waals surface area contributed by atoms with E-state index in [1.54, 1.807) is 0 Å². The Balaban J connectivity index is 1.27. The molecule has 166 valence electrons. The normalized spacial score (nSPS) is 16.9. The summed E-state index contributed by atoms with van der Waals surface area (Å²) in [5.41, 5.74) is 2.25. The van der Waals surface area contributed by atoms with E-state index in [0.29, 0.717) is 18.2 Å². The SMILES string of the molecule is CC(C)NC(=O)Nc1nc2c(s1)CN(CC(=O)N1CCN(c3ccccc3)CC1)CC2. The van der Waals surface area contributed by atoms with Crippen molar-refractivity contribution >= 4 is 34.1 Å². The van der Waals surface area contributed by atoms with Crippen molar-refractivity contribution < 1.29 is 9.59 Å². The van der Waals surface area contributed by atoms with E-state index in [1.807, 2.05) is 24.8 Å². The van der Waals surface area contributed by atoms with Gasteiger partial charge in [0.1, 0.15) is 0 Å². The van der Waals surface area contributed by atoms with E-state index in [2.05, 4.69) is 49.7 Å². The third-order valence-corrected chi connectivity index (χ3v) is 6.56. The van der Waals surface area contributed by atoms with Gasteiger partial charge in [-0.15, -0.1) is 11.3 Å². The minimum atomic E-state index is -0.234. The van der Waals surface area contributed by atoms with Crippen molar-refractivity contribution in [1.29, 1.82) is 0 Å². The molecule has 9 heteroatoms. The van der Waals surface area contributed by atoms with Crippen LogP contribution in [0.25, 0.3) is 0 Å². The zero-order valence-electron chi connectivity index (χ0n) is 18.1. The Morgan fingerprint density at radius 2 is 1.84 bits per heavy atom. The first-order valence-electron chi connectivity index (χ1n) is 10.8. The molecule has 0 atom stereocenters. The molecule has 0 spiro atoms. The molecule has 1 aromatic heterocycles. The molecule has 4 rings (SSSR count). The van der Waals surface area contributed by atoms with Gasteiger partial charge in [0, 0.05) is 62.3 Å². The van der Waals surface area contributed by atoms with Gasteiger partial charge >= 0.3 is 6.03 Å². The number of para-hydroxylation sites is 1. The highest BCUT2D eigenvalue weighted by Gasteiger charge is 2.26. The minimum absolute atomic E-state index is 0.0747. The predicted molar refractivity (Wildman–Crippen MR) is 124 cm³/mol. The maximum Gasteiger partial charge on any atom is 0.321 e. The lowest BCUT2D eigenvalue weighted by molar-refractivity contribution is -0.132. The Morgan fingerprint density at radius 1 is 1.10 bits per heavy atom. The molecule has 2 N–H and O–H groups in total. The van der Waals surface area contributed by atoms with Crippen LogP contribution in [0.15, 0.2) is 30.3 Å². The average molecular weight is 443 g/mol. The molecule has 0 unspecified atom stereocenters. The zero-order chi connectivity index (χ0) is 21.8. The summed E-state index contributed by atoms with van der Waals surface area (Å²) in [6.45, 7) is 9.02. The largest absolute Gasteiger partial charge is 0.368 e. The molecule has 3 heterocycles. The molecular weight excluding hydrogens is 412 g/mol. The molecule has 0 saturated carbocycles. The van der Waals surface area contributed by atoms with Crippen LogP contribution in [0.1, 0.15) is 24.4 Å². The summed E-state index contributed by atoms with van der Waals surface area (Å²) >= 11 is 1.50. The number of hydrogen-bond acceptors (Lipinski definition) is 6. The van der Waals surface area contributed by atoms with Crippen molar-refractivity contribution in [3.63, 3.8) is 0 Å². The fourth-order valence-electron chi connectivity index (χ4n) is 3.98. The van der Waals surface area contributed by atoms with E-state index < -0.39 is 0 Å². The summed E-state index contributed by atoms with van der Waals surface area (Å²) in [6, 6.07) is 10.2. The monoisotopic (exact) mass is 442 g/mol. The molecule has 2 aliphatic rings. The van der Waals surface area contributed by atoms with Crippen molar-refractivity contribution in [3.05, 3.63) is 40.9 Å². The van der Waals surface area contributed by atoms with E-state index in [0.717, 1.165) is 49.7 Å². The fraction of sp³-hybridized carbons (Fsp3) is 0.500. The number of aromatic nitrogens is 1. The first-order chi connectivity index (χ1) is 15.0. The number of rotatable bonds is 5. The Morgan fingerprint density at radius 3 is 2.55 bits per heavy atom. The topological polar surface area (TPSA) is 80.8 Å². The van der Waals surface area contributed by atoms with Crippen LogP contribution >= 0.6 is 11.3 Å². The fourth-order valence-corrected chi connectivity index (χ4v) is 5.02. The number of hydrogen-bond donors (Lipinski definition) is 2. The lowest BCUT2D eigenvalue weighted by Gasteiger charge is -2.37. The summed E-state index contributed by atoms with van der Waals surface area (Å²) in [7, 11) is 0. The Bertz CT molecular complexity index is 908. The average Bonchev–Trinajstić information content (AvgIpc) is 3.15. The lowest BCUT2D eigenvalue weighted by Crippen LogP contribution is -2.51. The van der Waals surface area contributed by atoms with Crippen molar-refractivity contribution in [3.8, 4) is 0 Å². The number of benzene rings is 1. The number of carbonyl (C=O) groups excluding carboxylic acids is 2. The van der Waals surface area contributed by atoms with Crippen molar-refractivity contribution in [2.24, 2.45) is 0 Å². The Labute approximate surface area is 187 Å². The number of piperazine rings is 1. The van der Waals surface area contributed by atoms with Gasteiger partial charge in [-0.05, 0) is 26.0 Å². The highest BCUT2D eigenvalue weighted by molar-refractivity contribution is 7.15. The molecule has 0 radical (unpaired) electrons. The first-order valence-corrected chi connectivity index (χ1v) is 11.7. The van der Waals surface area contributed by atoms with E-state index in [-0.39, 0.29) is 18.0 Å². The van der Waals surface area contributed by atoms with Gasteiger partial charge in [-0.1, -0.05) is 18.2 Å². The number of carbonyl (C=O) groups is 2. The van der Waals surface area contributed by atoms with E-state index in [9.17, 15) is 9.59 Å². The molecule has 1 saturated heterocycles. The number of nitrogens with zero attached hydrogens (tertiary/aromatic N) is 4. The number of urea groups is 1. The van der Waals surface area contributed by atoms with Crippen LogP contribution in [-0.4, -0.2) is 72.0 Å². The molecule has 8 nitrogen and oxygen atoms in total. The number of amides is 3. The van der Waals surface area contributed by atoms with Gasteiger partial charge in [-0.2, -0.15) is 0 Å². The summed E-state index contributed by atoms with van der Waals surface area (Å²) in [4.78, 5) is 37.0. The quantitative estimate of drug-likeness (QED) is 0.743. The number of anilines is 2. The van der Waals surface area contributed by atoms with Crippen molar-refractivity contribution in [2.45, 2.75) is 32.9 Å². The second-order valence-electron chi connectivity index (χ2n) is 8.31. The van der Waals surface area contributed by atoms with Gasteiger partial charge in [0.25, 0.3) is 0 Å². The van der Waals surface area contributed by atoms with Crippen LogP contribution in [0.5, 0.6) is 0 Å². The van der Waals surface area contributed by atoms with Gasteiger partial charge < -0.3 is 15.1 Å². The number of thiazole rings is 1. The zero-order valence-corrected chi connectivity index (χ0v) is 19.0.